The number of carbonyl (C=O) groups is 1. The normalized spacial score (nSPS) is 10.8. The second kappa shape index (κ2) is 8.65. The van der Waals surface area contributed by atoms with Gasteiger partial charge < -0.3 is 10.2 Å². The molecule has 1 N–H and O–H groups in total. The molecule has 0 unspecified atom stereocenters. The smallest absolute Gasteiger partial charge is 0.274 e. The van der Waals surface area contributed by atoms with E-state index in [1.165, 1.54) is 0 Å². The molecular weight excluding hydrogens is 348 g/mol. The highest BCUT2D eigenvalue weighted by Gasteiger charge is 2.20. The van der Waals surface area contributed by atoms with Gasteiger partial charge in [-0.25, -0.2) is 9.97 Å². The Balaban J connectivity index is 1.76. The summed E-state index contributed by atoms with van der Waals surface area (Å²) in [6.45, 7) is 8.65. The van der Waals surface area contributed by atoms with Crippen LogP contribution in [-0.4, -0.2) is 26.8 Å². The molecule has 0 saturated carbocycles. The molecule has 0 fully saturated rings. The fourth-order valence-corrected chi connectivity index (χ4v) is 3.06. The quantitative estimate of drug-likeness (QED) is 0.667. The first-order valence-electron chi connectivity index (χ1n) is 9.46. The van der Waals surface area contributed by atoms with Gasteiger partial charge in [-0.2, -0.15) is 0 Å². The topological polar surface area (TPSA) is 58.1 Å². The van der Waals surface area contributed by atoms with E-state index in [0.717, 1.165) is 22.4 Å². The average Bonchev–Trinajstić information content (AvgIpc) is 2.69. The molecule has 5 heteroatoms. The van der Waals surface area contributed by atoms with E-state index in [0.29, 0.717) is 18.1 Å². The van der Waals surface area contributed by atoms with Crippen LogP contribution in [-0.2, 0) is 6.54 Å². The lowest BCUT2D eigenvalue weighted by Crippen LogP contribution is -2.36. The number of aromatic nitrogens is 2. The summed E-state index contributed by atoms with van der Waals surface area (Å²) in [4.78, 5) is 23.5. The monoisotopic (exact) mass is 374 g/mol. The number of aryl methyl sites for hydroxylation is 2. The van der Waals surface area contributed by atoms with Crippen LogP contribution in [0, 0.1) is 13.8 Å². The van der Waals surface area contributed by atoms with Crippen LogP contribution in [0.3, 0.4) is 0 Å². The summed E-state index contributed by atoms with van der Waals surface area (Å²) in [5.41, 5.74) is 4.72. The van der Waals surface area contributed by atoms with Crippen LogP contribution in [0.5, 0.6) is 0 Å². The summed E-state index contributed by atoms with van der Waals surface area (Å²) in [7, 11) is 0. The van der Waals surface area contributed by atoms with E-state index in [1.807, 2.05) is 76.2 Å². The van der Waals surface area contributed by atoms with Crippen molar-refractivity contribution < 1.29 is 4.79 Å². The molecule has 0 bridgehead atoms. The molecule has 3 aromatic rings. The maximum atomic E-state index is 13.0. The van der Waals surface area contributed by atoms with Gasteiger partial charge in [-0.05, 0) is 44.4 Å². The number of hydrogen-bond acceptors (Lipinski definition) is 4. The number of nitrogens with one attached hydrogen (secondary N) is 1. The summed E-state index contributed by atoms with van der Waals surface area (Å²) in [6.07, 6.45) is 3.15. The van der Waals surface area contributed by atoms with Crippen LogP contribution >= 0.6 is 0 Å². The van der Waals surface area contributed by atoms with Crippen LogP contribution in [0.15, 0.2) is 60.9 Å². The molecular formula is C23H26N4O. The molecule has 28 heavy (non-hydrogen) atoms. The fraction of sp³-hybridized carbons (Fsp3) is 0.261. The maximum Gasteiger partial charge on any atom is 0.274 e. The number of anilines is 2. The molecule has 0 spiro atoms. The Morgan fingerprint density at radius 2 is 1.64 bits per heavy atom. The van der Waals surface area contributed by atoms with Crippen LogP contribution < -0.4 is 5.32 Å². The highest BCUT2D eigenvalue weighted by Crippen LogP contribution is 2.23. The minimum absolute atomic E-state index is 0.0573. The number of amides is 1. The third kappa shape index (κ3) is 4.55. The van der Waals surface area contributed by atoms with Crippen molar-refractivity contribution in [3.8, 4) is 0 Å². The maximum absolute atomic E-state index is 13.0. The van der Waals surface area contributed by atoms with Crippen molar-refractivity contribution in [3.05, 3.63) is 83.3 Å². The molecule has 0 radical (unpaired) electrons. The Labute approximate surface area is 166 Å². The van der Waals surface area contributed by atoms with Crippen molar-refractivity contribution >= 4 is 17.4 Å². The van der Waals surface area contributed by atoms with E-state index < -0.39 is 0 Å². The van der Waals surface area contributed by atoms with Crippen LogP contribution in [0.1, 0.15) is 41.0 Å². The van der Waals surface area contributed by atoms with Crippen molar-refractivity contribution in [2.45, 2.75) is 40.3 Å². The zero-order valence-electron chi connectivity index (χ0n) is 16.8. The first-order valence-corrected chi connectivity index (χ1v) is 9.46. The number of benzene rings is 2. The van der Waals surface area contributed by atoms with E-state index in [2.05, 4.69) is 15.3 Å². The van der Waals surface area contributed by atoms with Gasteiger partial charge in [0.2, 0.25) is 0 Å². The zero-order valence-corrected chi connectivity index (χ0v) is 16.8. The molecule has 0 aliphatic rings. The van der Waals surface area contributed by atoms with E-state index in [4.69, 9.17) is 0 Å². The van der Waals surface area contributed by atoms with E-state index in [1.54, 1.807) is 17.3 Å². The number of para-hydroxylation sites is 1. The largest absolute Gasteiger partial charge is 0.339 e. The fourth-order valence-electron chi connectivity index (χ4n) is 3.06. The van der Waals surface area contributed by atoms with Crippen molar-refractivity contribution in [3.63, 3.8) is 0 Å². The molecule has 1 heterocycles. The second-order valence-electron chi connectivity index (χ2n) is 7.19. The SMILES string of the molecule is Cc1cccc(C)c1Nc1cnc(C(=O)N(Cc2ccccc2)C(C)C)cn1. The van der Waals surface area contributed by atoms with E-state index in [-0.39, 0.29) is 11.9 Å². The predicted molar refractivity (Wildman–Crippen MR) is 113 cm³/mol. The Hall–Kier alpha value is -3.21. The third-order valence-corrected chi connectivity index (χ3v) is 4.69. The summed E-state index contributed by atoms with van der Waals surface area (Å²) >= 11 is 0. The van der Waals surface area contributed by atoms with Crippen LogP contribution in [0.25, 0.3) is 0 Å². The highest BCUT2D eigenvalue weighted by atomic mass is 16.2. The lowest BCUT2D eigenvalue weighted by Gasteiger charge is -2.26. The first-order chi connectivity index (χ1) is 13.5. The molecule has 5 nitrogen and oxygen atoms in total. The molecule has 1 amide bonds. The molecule has 1 aromatic heterocycles. The van der Waals surface area contributed by atoms with Gasteiger partial charge in [-0.1, -0.05) is 48.5 Å². The molecule has 0 atom stereocenters. The Kier molecular flexibility index (Phi) is 6.04. The van der Waals surface area contributed by atoms with E-state index in [9.17, 15) is 4.79 Å². The molecule has 3 rings (SSSR count). The van der Waals surface area contributed by atoms with Gasteiger partial charge in [-0.15, -0.1) is 0 Å². The van der Waals surface area contributed by atoms with Gasteiger partial charge in [0.1, 0.15) is 11.5 Å². The first kappa shape index (κ1) is 19.5. The summed E-state index contributed by atoms with van der Waals surface area (Å²) in [5.74, 6) is 0.498. The third-order valence-electron chi connectivity index (χ3n) is 4.69. The Morgan fingerprint density at radius 1 is 0.964 bits per heavy atom. The molecule has 144 valence electrons. The Bertz CT molecular complexity index is 916. The number of rotatable bonds is 6. The number of nitrogens with zero attached hydrogens (tertiary/aromatic N) is 3. The number of hydrogen-bond donors (Lipinski definition) is 1. The lowest BCUT2D eigenvalue weighted by atomic mass is 10.1. The number of carbonyl (C=O) groups excluding carboxylic acids is 1. The Morgan fingerprint density at radius 3 is 2.21 bits per heavy atom. The standard InChI is InChI=1S/C23H26N4O/c1-16(2)27(15-19-11-6-5-7-12-19)23(28)20-13-25-21(14-24-20)26-22-17(3)9-8-10-18(22)4/h5-14,16H,15H2,1-4H3,(H,25,26). The minimum Gasteiger partial charge on any atom is -0.339 e. The summed E-state index contributed by atoms with van der Waals surface area (Å²) in [5, 5.41) is 3.30. The molecule has 0 aliphatic carbocycles. The van der Waals surface area contributed by atoms with Crippen molar-refractivity contribution in [1.82, 2.24) is 14.9 Å². The summed E-state index contributed by atoms with van der Waals surface area (Å²) < 4.78 is 0. The van der Waals surface area contributed by atoms with Crippen LogP contribution in [0.4, 0.5) is 11.5 Å². The molecule has 0 aliphatic heterocycles. The van der Waals surface area contributed by atoms with Crippen molar-refractivity contribution in [2.75, 3.05) is 5.32 Å². The highest BCUT2D eigenvalue weighted by molar-refractivity contribution is 5.92. The molecule has 2 aromatic carbocycles. The minimum atomic E-state index is -0.120. The van der Waals surface area contributed by atoms with Crippen molar-refractivity contribution in [1.29, 1.82) is 0 Å². The van der Waals surface area contributed by atoms with Gasteiger partial charge in [0.05, 0.1) is 12.4 Å². The predicted octanol–water partition coefficient (Wildman–Crippen LogP) is 4.89. The van der Waals surface area contributed by atoms with E-state index >= 15 is 0 Å². The van der Waals surface area contributed by atoms with Gasteiger partial charge in [-0.3, -0.25) is 4.79 Å². The van der Waals surface area contributed by atoms with Gasteiger partial charge in [0.15, 0.2) is 0 Å². The lowest BCUT2D eigenvalue weighted by molar-refractivity contribution is 0.0684. The van der Waals surface area contributed by atoms with Gasteiger partial charge in [0.25, 0.3) is 5.91 Å². The summed E-state index contributed by atoms with van der Waals surface area (Å²) in [6, 6.07) is 16.1. The second-order valence-corrected chi connectivity index (χ2v) is 7.19. The van der Waals surface area contributed by atoms with Crippen molar-refractivity contribution in [2.24, 2.45) is 0 Å². The van der Waals surface area contributed by atoms with Crippen LogP contribution in [0.2, 0.25) is 0 Å². The van der Waals surface area contributed by atoms with Gasteiger partial charge in [0, 0.05) is 18.3 Å². The zero-order chi connectivity index (χ0) is 20.1. The molecule has 0 saturated heterocycles. The van der Waals surface area contributed by atoms with Gasteiger partial charge >= 0.3 is 0 Å². The average molecular weight is 374 g/mol.